The lowest BCUT2D eigenvalue weighted by molar-refractivity contribution is -0.250. The van der Waals surface area contributed by atoms with Gasteiger partial charge in [0.15, 0.2) is 0 Å². The number of aliphatic hydroxyl groups is 4. The van der Waals surface area contributed by atoms with Gasteiger partial charge in [-0.05, 0) is 13.3 Å². The quantitative estimate of drug-likeness (QED) is 0.362. The average molecular weight is 221 g/mol. The Balaban J connectivity index is 2.80. The van der Waals surface area contributed by atoms with Gasteiger partial charge in [0.2, 0.25) is 0 Å². The van der Waals surface area contributed by atoms with Crippen molar-refractivity contribution in [3.8, 4) is 0 Å². The third kappa shape index (κ3) is 2.47. The molecule has 1 unspecified atom stereocenters. The van der Waals surface area contributed by atoms with Gasteiger partial charge in [-0.25, -0.2) is 0 Å². The molecular formula is C9H19NO5. The molecule has 0 radical (unpaired) electrons. The van der Waals surface area contributed by atoms with Crippen LogP contribution < -0.4 is 5.73 Å². The lowest BCUT2D eigenvalue weighted by Gasteiger charge is -2.45. The summed E-state index contributed by atoms with van der Waals surface area (Å²) < 4.78 is 4.98. The van der Waals surface area contributed by atoms with Crippen LogP contribution >= 0.6 is 0 Å². The Morgan fingerprint density at radius 1 is 1.53 bits per heavy atom. The molecule has 1 aliphatic heterocycles. The van der Waals surface area contributed by atoms with E-state index < -0.39 is 30.5 Å². The number of nitrogens with two attached hydrogens (primary N) is 1. The number of ether oxygens (including phenoxy) is 1. The van der Waals surface area contributed by atoms with Crippen molar-refractivity contribution in [2.24, 2.45) is 5.73 Å². The predicted molar refractivity (Wildman–Crippen MR) is 52.1 cm³/mol. The summed E-state index contributed by atoms with van der Waals surface area (Å²) in [5.41, 5.74) is 3.83. The van der Waals surface area contributed by atoms with Crippen LogP contribution in [0.15, 0.2) is 0 Å². The van der Waals surface area contributed by atoms with Crippen LogP contribution in [0.4, 0.5) is 0 Å². The fourth-order valence-electron chi connectivity index (χ4n) is 1.89. The molecule has 1 heterocycles. The summed E-state index contributed by atoms with van der Waals surface area (Å²) in [6, 6.07) is -0.364. The van der Waals surface area contributed by atoms with Crippen molar-refractivity contribution in [3.63, 3.8) is 0 Å². The number of hydrogen-bond donors (Lipinski definition) is 5. The lowest BCUT2D eigenvalue weighted by Crippen LogP contribution is -2.65. The summed E-state index contributed by atoms with van der Waals surface area (Å²) in [7, 11) is 0. The van der Waals surface area contributed by atoms with Gasteiger partial charge in [-0.1, -0.05) is 0 Å². The summed E-state index contributed by atoms with van der Waals surface area (Å²) in [5.74, 6) is 0. The first-order valence-electron chi connectivity index (χ1n) is 4.98. The second-order valence-electron chi connectivity index (χ2n) is 4.19. The first-order valence-corrected chi connectivity index (χ1v) is 4.98. The van der Waals surface area contributed by atoms with Gasteiger partial charge in [0, 0.05) is 6.04 Å². The molecule has 0 aromatic carbocycles. The second kappa shape index (κ2) is 4.73. The minimum absolute atomic E-state index is 0.0508. The van der Waals surface area contributed by atoms with Crippen molar-refractivity contribution in [2.45, 2.75) is 43.3 Å². The Morgan fingerprint density at radius 3 is 2.60 bits per heavy atom. The van der Waals surface area contributed by atoms with Gasteiger partial charge in [-0.3, -0.25) is 0 Å². The van der Waals surface area contributed by atoms with Gasteiger partial charge in [0.1, 0.15) is 23.9 Å². The van der Waals surface area contributed by atoms with E-state index in [1.807, 2.05) is 0 Å². The van der Waals surface area contributed by atoms with Crippen molar-refractivity contribution in [1.82, 2.24) is 0 Å². The topological polar surface area (TPSA) is 116 Å². The summed E-state index contributed by atoms with van der Waals surface area (Å²) in [6.45, 7) is 1.14. The van der Waals surface area contributed by atoms with Gasteiger partial charge >= 0.3 is 0 Å². The first kappa shape index (κ1) is 12.8. The van der Waals surface area contributed by atoms with Gasteiger partial charge in [-0.15, -0.1) is 0 Å². The van der Waals surface area contributed by atoms with Crippen LogP contribution in [-0.2, 0) is 4.74 Å². The molecule has 0 spiro atoms. The van der Waals surface area contributed by atoms with Crippen molar-refractivity contribution < 1.29 is 25.2 Å². The van der Waals surface area contributed by atoms with E-state index in [4.69, 9.17) is 15.6 Å². The van der Waals surface area contributed by atoms with E-state index >= 15 is 0 Å². The molecule has 0 bridgehead atoms. The van der Waals surface area contributed by atoms with E-state index in [0.29, 0.717) is 0 Å². The monoisotopic (exact) mass is 221 g/mol. The van der Waals surface area contributed by atoms with Crippen LogP contribution in [0, 0.1) is 0 Å². The van der Waals surface area contributed by atoms with E-state index in [2.05, 4.69) is 0 Å². The van der Waals surface area contributed by atoms with Crippen molar-refractivity contribution in [2.75, 3.05) is 13.2 Å². The molecule has 1 aliphatic rings. The highest BCUT2D eigenvalue weighted by Crippen LogP contribution is 2.29. The maximum absolute atomic E-state index is 10.1. The number of hydrogen-bond acceptors (Lipinski definition) is 6. The molecule has 6 heteroatoms. The van der Waals surface area contributed by atoms with Crippen LogP contribution in [0.5, 0.6) is 0 Å². The molecule has 0 saturated carbocycles. The van der Waals surface area contributed by atoms with Gasteiger partial charge in [-0.2, -0.15) is 0 Å². The van der Waals surface area contributed by atoms with Crippen molar-refractivity contribution >= 4 is 0 Å². The Hall–Kier alpha value is -0.240. The molecule has 1 rings (SSSR count). The highest BCUT2D eigenvalue weighted by molar-refractivity contribution is 5.01. The fourth-order valence-corrected chi connectivity index (χ4v) is 1.89. The van der Waals surface area contributed by atoms with Gasteiger partial charge < -0.3 is 30.9 Å². The van der Waals surface area contributed by atoms with E-state index in [9.17, 15) is 15.3 Å². The molecule has 15 heavy (non-hydrogen) atoms. The molecule has 1 saturated heterocycles. The molecular weight excluding hydrogens is 202 g/mol. The standard InChI is InChI=1S/C9H19NO5/c1-5(10)2-9(14)7(12)4-15-6(3-11)8(9)13/h5-8,11-14H,2-4,10H2,1H3/t5?,6-,7+,8+,9+/m1/s1. The smallest absolute Gasteiger partial charge is 0.123 e. The Kier molecular flexibility index (Phi) is 4.05. The molecule has 1 fully saturated rings. The zero-order valence-corrected chi connectivity index (χ0v) is 8.71. The molecule has 5 atom stereocenters. The van der Waals surface area contributed by atoms with E-state index in [0.717, 1.165) is 0 Å². The minimum atomic E-state index is -1.71. The maximum Gasteiger partial charge on any atom is 0.123 e. The lowest BCUT2D eigenvalue weighted by atomic mass is 9.80. The number of rotatable bonds is 3. The molecule has 0 amide bonds. The van der Waals surface area contributed by atoms with Crippen molar-refractivity contribution in [1.29, 1.82) is 0 Å². The average Bonchev–Trinajstić information content (AvgIpc) is 2.14. The van der Waals surface area contributed by atoms with Crippen LogP contribution in [-0.4, -0.2) is 63.6 Å². The fraction of sp³-hybridized carbons (Fsp3) is 1.00. The predicted octanol–water partition coefficient (Wildman–Crippen LogP) is -2.43. The Morgan fingerprint density at radius 2 is 2.13 bits per heavy atom. The zero-order chi connectivity index (χ0) is 11.6. The molecule has 90 valence electrons. The first-order chi connectivity index (χ1) is 6.91. The van der Waals surface area contributed by atoms with Crippen molar-refractivity contribution in [3.05, 3.63) is 0 Å². The highest BCUT2D eigenvalue weighted by atomic mass is 16.5. The normalized spacial score (nSPS) is 44.0. The van der Waals surface area contributed by atoms with Crippen LogP contribution in [0.2, 0.25) is 0 Å². The highest BCUT2D eigenvalue weighted by Gasteiger charge is 2.50. The Bertz CT molecular complexity index is 213. The third-order valence-electron chi connectivity index (χ3n) is 2.74. The van der Waals surface area contributed by atoms with E-state index in [1.165, 1.54) is 0 Å². The molecule has 6 N–H and O–H groups in total. The molecule has 0 aliphatic carbocycles. The summed E-state index contributed by atoms with van der Waals surface area (Å²) >= 11 is 0. The molecule has 0 aromatic heterocycles. The van der Waals surface area contributed by atoms with Gasteiger partial charge in [0.05, 0.1) is 13.2 Å². The second-order valence-corrected chi connectivity index (χ2v) is 4.19. The Labute approximate surface area is 88.3 Å². The van der Waals surface area contributed by atoms with Gasteiger partial charge in [0.25, 0.3) is 0 Å². The largest absolute Gasteiger partial charge is 0.394 e. The third-order valence-corrected chi connectivity index (χ3v) is 2.74. The summed E-state index contributed by atoms with van der Waals surface area (Å²) in [6.07, 6.45) is -3.36. The minimum Gasteiger partial charge on any atom is -0.394 e. The van der Waals surface area contributed by atoms with E-state index in [1.54, 1.807) is 6.92 Å². The molecule has 6 nitrogen and oxygen atoms in total. The van der Waals surface area contributed by atoms with Crippen LogP contribution in [0.3, 0.4) is 0 Å². The van der Waals surface area contributed by atoms with E-state index in [-0.39, 0.29) is 19.1 Å². The zero-order valence-electron chi connectivity index (χ0n) is 8.71. The number of aliphatic hydroxyl groups excluding tert-OH is 3. The van der Waals surface area contributed by atoms with Crippen LogP contribution in [0.1, 0.15) is 13.3 Å². The maximum atomic E-state index is 10.1. The summed E-state index contributed by atoms with van der Waals surface area (Å²) in [5, 5.41) is 38.4. The summed E-state index contributed by atoms with van der Waals surface area (Å²) in [4.78, 5) is 0. The molecule has 0 aromatic rings. The van der Waals surface area contributed by atoms with Crippen LogP contribution in [0.25, 0.3) is 0 Å². The SMILES string of the molecule is CC(N)C[C@]1(O)[C@@H](O)CO[C@H](CO)[C@@H]1O.